The van der Waals surface area contributed by atoms with Gasteiger partial charge in [-0.1, -0.05) is 24.3 Å². The highest BCUT2D eigenvalue weighted by Gasteiger charge is 2.28. The van der Waals surface area contributed by atoms with Gasteiger partial charge in [-0.3, -0.25) is 4.79 Å². The minimum absolute atomic E-state index is 0.345. The molecule has 1 aromatic carbocycles. The highest BCUT2D eigenvalue weighted by molar-refractivity contribution is 5.78. The van der Waals surface area contributed by atoms with Gasteiger partial charge in [-0.2, -0.15) is 0 Å². The number of hydrogen-bond donors (Lipinski definition) is 2. The number of rotatable bonds is 1. The molecule has 0 fully saturated rings. The lowest BCUT2D eigenvalue weighted by atomic mass is 9.90. The van der Waals surface area contributed by atoms with Gasteiger partial charge in [0.25, 0.3) is 5.56 Å². The first-order valence-electron chi connectivity index (χ1n) is 6.41. The molecule has 1 atom stereocenters. The topological polar surface area (TPSA) is 80.9 Å². The Bertz CT molecular complexity index is 853. The number of nitrogens with zero attached hydrogens (tertiary/aromatic N) is 1. The zero-order chi connectivity index (χ0) is 14.3. The zero-order valence-corrected chi connectivity index (χ0v) is 11.1. The van der Waals surface area contributed by atoms with Crippen molar-refractivity contribution in [2.45, 2.75) is 18.9 Å². The van der Waals surface area contributed by atoms with E-state index in [0.29, 0.717) is 23.0 Å². The maximum Gasteiger partial charge on any atom is 0.333 e. The van der Waals surface area contributed by atoms with Gasteiger partial charge < -0.3 is 10.7 Å². The number of hydrogen-bond acceptors (Lipinski definition) is 3. The molecule has 0 unspecified atom stereocenters. The van der Waals surface area contributed by atoms with Gasteiger partial charge in [-0.15, -0.1) is 0 Å². The molecule has 0 spiro atoms. The summed E-state index contributed by atoms with van der Waals surface area (Å²) in [5, 5.41) is 0.471. The Morgan fingerprint density at radius 3 is 2.80 bits per heavy atom. The first-order valence-corrected chi connectivity index (χ1v) is 6.41. The van der Waals surface area contributed by atoms with Gasteiger partial charge in [0.1, 0.15) is 0 Å². The number of nitrogens with two attached hydrogens (primary N) is 1. The molecule has 3 N–H and O–H groups in total. The summed E-state index contributed by atoms with van der Waals surface area (Å²) in [6.45, 7) is 1.81. The van der Waals surface area contributed by atoms with Crippen LogP contribution in [0, 0.1) is 0 Å². The van der Waals surface area contributed by atoms with Crippen LogP contribution in [0.2, 0.25) is 0 Å². The summed E-state index contributed by atoms with van der Waals surface area (Å²) < 4.78 is 1.13. The summed E-state index contributed by atoms with van der Waals surface area (Å²) in [6.07, 6.45) is 6.03. The van der Waals surface area contributed by atoms with Gasteiger partial charge in [-0.25, -0.2) is 9.36 Å². The number of H-pyrrole nitrogens is 1. The van der Waals surface area contributed by atoms with Gasteiger partial charge in [0.15, 0.2) is 0 Å². The summed E-state index contributed by atoms with van der Waals surface area (Å²) in [6, 6.07) is 6.94. The van der Waals surface area contributed by atoms with Crippen LogP contribution >= 0.6 is 0 Å². The third-order valence-electron chi connectivity index (χ3n) is 3.56. The van der Waals surface area contributed by atoms with Crippen LogP contribution < -0.4 is 17.0 Å². The molecule has 102 valence electrons. The van der Waals surface area contributed by atoms with Crippen LogP contribution in [0.5, 0.6) is 0 Å². The van der Waals surface area contributed by atoms with Crippen molar-refractivity contribution in [1.29, 1.82) is 0 Å². The summed E-state index contributed by atoms with van der Waals surface area (Å²) in [5.41, 5.74) is 5.69. The third kappa shape index (κ3) is 1.83. The van der Waals surface area contributed by atoms with E-state index in [-0.39, 0.29) is 5.56 Å². The van der Waals surface area contributed by atoms with Crippen LogP contribution in [0.25, 0.3) is 16.6 Å². The minimum Gasteiger partial charge on any atom is -0.320 e. The van der Waals surface area contributed by atoms with Gasteiger partial charge in [0.05, 0.1) is 22.1 Å². The highest BCUT2D eigenvalue weighted by Crippen LogP contribution is 2.24. The quantitative estimate of drug-likeness (QED) is 0.816. The Balaban J connectivity index is 2.38. The van der Waals surface area contributed by atoms with Crippen LogP contribution in [0.3, 0.4) is 0 Å². The monoisotopic (exact) mass is 269 g/mol. The molecule has 0 radical (unpaired) electrons. The second kappa shape index (κ2) is 4.31. The lowest BCUT2D eigenvalue weighted by Crippen LogP contribution is -2.47. The van der Waals surface area contributed by atoms with Crippen molar-refractivity contribution in [3.8, 4) is 0 Å². The van der Waals surface area contributed by atoms with Crippen LogP contribution in [-0.2, 0) is 0 Å². The average Bonchev–Trinajstić information content (AvgIpc) is 2.40. The van der Waals surface area contributed by atoms with E-state index in [0.717, 1.165) is 4.57 Å². The average molecular weight is 269 g/mol. The molecule has 5 heteroatoms. The Morgan fingerprint density at radius 1 is 1.30 bits per heavy atom. The predicted molar refractivity (Wildman–Crippen MR) is 79.5 cm³/mol. The molecule has 1 heterocycles. The molecule has 0 aliphatic heterocycles. The van der Waals surface area contributed by atoms with Gasteiger partial charge in [0, 0.05) is 0 Å². The lowest BCUT2D eigenvalue weighted by Gasteiger charge is -2.29. The molecule has 0 amide bonds. The van der Waals surface area contributed by atoms with Crippen LogP contribution in [0.15, 0.2) is 52.1 Å². The van der Waals surface area contributed by atoms with Crippen LogP contribution in [0.4, 0.5) is 0 Å². The fraction of sp³-hybridized carbons (Fsp3) is 0.200. The zero-order valence-electron chi connectivity index (χ0n) is 11.1. The van der Waals surface area contributed by atoms with E-state index in [2.05, 4.69) is 4.98 Å². The van der Waals surface area contributed by atoms with E-state index >= 15 is 0 Å². The maximum absolute atomic E-state index is 12.6. The summed E-state index contributed by atoms with van der Waals surface area (Å²) >= 11 is 0. The van der Waals surface area contributed by atoms with Crippen molar-refractivity contribution in [2.24, 2.45) is 5.73 Å². The molecule has 0 saturated carbocycles. The molecule has 20 heavy (non-hydrogen) atoms. The Labute approximate surface area is 115 Å². The molecule has 1 aliphatic carbocycles. The van der Waals surface area contributed by atoms with Crippen molar-refractivity contribution < 1.29 is 0 Å². The highest BCUT2D eigenvalue weighted by atomic mass is 16.2. The predicted octanol–water partition coefficient (Wildman–Crippen LogP) is 1.21. The summed E-state index contributed by atoms with van der Waals surface area (Å²) in [7, 11) is 0. The molecule has 1 aliphatic rings. The second-order valence-electron chi connectivity index (χ2n) is 5.22. The third-order valence-corrected chi connectivity index (χ3v) is 3.56. The Kier molecular flexibility index (Phi) is 2.72. The second-order valence-corrected chi connectivity index (χ2v) is 5.22. The van der Waals surface area contributed by atoms with Crippen molar-refractivity contribution in [3.05, 3.63) is 63.3 Å². The largest absolute Gasteiger partial charge is 0.333 e. The Hall–Kier alpha value is -2.40. The number of aromatic amines is 1. The molecular formula is C15H15N3O2. The number of fused-ring (bicyclic) bond motifs is 1. The van der Waals surface area contributed by atoms with Crippen molar-refractivity contribution in [1.82, 2.24) is 9.55 Å². The van der Waals surface area contributed by atoms with E-state index in [1.807, 2.05) is 19.1 Å². The van der Waals surface area contributed by atoms with Gasteiger partial charge >= 0.3 is 5.69 Å². The number of nitrogens with one attached hydrogen (secondary N) is 1. The number of benzene rings is 1. The van der Waals surface area contributed by atoms with Crippen molar-refractivity contribution in [2.75, 3.05) is 0 Å². The van der Waals surface area contributed by atoms with Crippen LogP contribution in [-0.4, -0.2) is 15.1 Å². The van der Waals surface area contributed by atoms with E-state index in [9.17, 15) is 9.59 Å². The molecule has 0 bridgehead atoms. The number of allylic oxidation sites excluding steroid dienone is 2. The van der Waals surface area contributed by atoms with E-state index in [1.54, 1.807) is 30.3 Å². The van der Waals surface area contributed by atoms with Gasteiger partial charge in [-0.05, 0) is 31.6 Å². The summed E-state index contributed by atoms with van der Waals surface area (Å²) in [5.74, 6) is 0. The summed E-state index contributed by atoms with van der Waals surface area (Å²) in [4.78, 5) is 27.5. The minimum atomic E-state index is -0.742. The van der Waals surface area contributed by atoms with Crippen LogP contribution in [0.1, 0.15) is 13.3 Å². The molecule has 2 aromatic rings. The number of para-hydroxylation sites is 1. The van der Waals surface area contributed by atoms with Crippen molar-refractivity contribution >= 4 is 16.6 Å². The Morgan fingerprint density at radius 2 is 2.05 bits per heavy atom. The number of aromatic nitrogens is 2. The maximum atomic E-state index is 12.6. The lowest BCUT2D eigenvalue weighted by molar-refractivity contribution is 0.573. The molecular weight excluding hydrogens is 254 g/mol. The smallest absolute Gasteiger partial charge is 0.320 e. The SMILES string of the molecule is C[C@]1(N)CC=CC=C1n1c(=O)[nH]c2ccccc2c1=O. The molecule has 1 aromatic heterocycles. The van der Waals surface area contributed by atoms with E-state index < -0.39 is 11.2 Å². The fourth-order valence-electron chi connectivity index (χ4n) is 2.48. The van der Waals surface area contributed by atoms with E-state index in [4.69, 9.17) is 5.73 Å². The molecule has 5 nitrogen and oxygen atoms in total. The molecule has 0 saturated heterocycles. The normalized spacial score (nSPS) is 22.0. The molecule has 3 rings (SSSR count). The first kappa shape index (κ1) is 12.6. The first-order chi connectivity index (χ1) is 9.50. The fourth-order valence-corrected chi connectivity index (χ4v) is 2.48. The standard InChI is InChI=1S/C15H15N3O2/c1-15(16)9-5-4-8-12(15)18-13(19)10-6-2-3-7-11(10)17-14(18)20/h2-8H,9,16H2,1H3,(H,17,20)/t15-/m0/s1. The van der Waals surface area contributed by atoms with E-state index in [1.165, 1.54) is 0 Å². The van der Waals surface area contributed by atoms with Gasteiger partial charge in [0.2, 0.25) is 0 Å². The van der Waals surface area contributed by atoms with Crippen molar-refractivity contribution in [3.63, 3.8) is 0 Å².